The van der Waals surface area contributed by atoms with E-state index in [0.29, 0.717) is 0 Å². The van der Waals surface area contributed by atoms with Crippen molar-refractivity contribution in [2.75, 3.05) is 36.8 Å². The van der Waals surface area contributed by atoms with Gasteiger partial charge < -0.3 is 10.6 Å². The predicted octanol–water partition coefficient (Wildman–Crippen LogP) is 2.32. The van der Waals surface area contributed by atoms with E-state index in [2.05, 4.69) is 31.8 Å². The van der Waals surface area contributed by atoms with Gasteiger partial charge in [-0.15, -0.1) is 0 Å². The molecule has 2 aliphatic rings. The molecule has 2 N–H and O–H groups in total. The Kier molecular flexibility index (Phi) is 3.01. The third kappa shape index (κ3) is 2.16. The minimum absolute atomic E-state index is 0.758. The number of nitrogens with zero attached hydrogens (tertiary/aromatic N) is 2. The van der Waals surface area contributed by atoms with Gasteiger partial charge >= 0.3 is 0 Å². The summed E-state index contributed by atoms with van der Waals surface area (Å²) in [6.45, 7) is 4.77. The van der Waals surface area contributed by atoms with E-state index in [9.17, 15) is 0 Å². The lowest BCUT2D eigenvalue weighted by molar-refractivity contribution is 0.231. The van der Waals surface area contributed by atoms with Gasteiger partial charge in [0.2, 0.25) is 0 Å². The minimum atomic E-state index is 0.758. The molecular weight excluding hydrogens is 278 g/mol. The number of halogens is 1. The Morgan fingerprint density at radius 3 is 2.94 bits per heavy atom. The topological polar surface area (TPSA) is 32.5 Å². The van der Waals surface area contributed by atoms with Crippen molar-refractivity contribution in [2.45, 2.75) is 18.9 Å². The van der Waals surface area contributed by atoms with Gasteiger partial charge in [-0.3, -0.25) is 4.90 Å². The van der Waals surface area contributed by atoms with Crippen LogP contribution >= 0.6 is 15.9 Å². The number of anilines is 2. The molecule has 0 radical (unpaired) electrons. The monoisotopic (exact) mass is 295 g/mol. The molecule has 0 bridgehead atoms. The number of fused-ring (bicyclic) bond motifs is 1. The highest BCUT2D eigenvalue weighted by atomic mass is 79.9. The summed E-state index contributed by atoms with van der Waals surface area (Å²) in [5.41, 5.74) is 7.89. The Morgan fingerprint density at radius 2 is 2.12 bits per heavy atom. The van der Waals surface area contributed by atoms with Crippen LogP contribution in [0.2, 0.25) is 0 Å². The Morgan fingerprint density at radius 1 is 1.24 bits per heavy atom. The summed E-state index contributed by atoms with van der Waals surface area (Å²) < 4.78 is 1.11. The summed E-state index contributed by atoms with van der Waals surface area (Å²) in [5.74, 6) is 0. The molecule has 2 heterocycles. The summed E-state index contributed by atoms with van der Waals surface area (Å²) in [6.07, 6.45) is 2.71. The van der Waals surface area contributed by atoms with Gasteiger partial charge in [-0.05, 0) is 53.5 Å². The van der Waals surface area contributed by atoms with Crippen LogP contribution < -0.4 is 10.6 Å². The largest absolute Gasteiger partial charge is 0.399 e. The second kappa shape index (κ2) is 4.50. The first-order valence-electron chi connectivity index (χ1n) is 6.28. The van der Waals surface area contributed by atoms with Crippen LogP contribution in [0.4, 0.5) is 11.4 Å². The highest BCUT2D eigenvalue weighted by Crippen LogP contribution is 2.31. The lowest BCUT2D eigenvalue weighted by Crippen LogP contribution is -2.50. The van der Waals surface area contributed by atoms with Gasteiger partial charge in [-0.2, -0.15) is 0 Å². The van der Waals surface area contributed by atoms with E-state index < -0.39 is 0 Å². The van der Waals surface area contributed by atoms with Crippen LogP contribution in [-0.4, -0.2) is 37.1 Å². The first-order valence-corrected chi connectivity index (χ1v) is 7.07. The second-order valence-corrected chi connectivity index (χ2v) is 5.84. The Bertz CT molecular complexity index is 421. The molecule has 1 unspecified atom stereocenters. The summed E-state index contributed by atoms with van der Waals surface area (Å²) in [6, 6.07) is 6.87. The Labute approximate surface area is 111 Å². The molecule has 92 valence electrons. The Balaban J connectivity index is 1.80. The molecule has 0 aromatic heterocycles. The van der Waals surface area contributed by atoms with Crippen molar-refractivity contribution in [3.8, 4) is 0 Å². The van der Waals surface area contributed by atoms with Gasteiger partial charge in [0.05, 0.1) is 5.69 Å². The molecule has 0 amide bonds. The average molecular weight is 296 g/mol. The average Bonchev–Trinajstić information content (AvgIpc) is 2.75. The molecular formula is C13H18BrN3. The van der Waals surface area contributed by atoms with Crippen molar-refractivity contribution in [1.82, 2.24) is 4.90 Å². The molecule has 2 aliphatic heterocycles. The number of hydrogen-bond acceptors (Lipinski definition) is 3. The third-order valence-electron chi connectivity index (χ3n) is 3.90. The van der Waals surface area contributed by atoms with Crippen molar-refractivity contribution in [1.29, 1.82) is 0 Å². The zero-order valence-corrected chi connectivity index (χ0v) is 11.5. The van der Waals surface area contributed by atoms with E-state index in [1.807, 2.05) is 12.1 Å². The van der Waals surface area contributed by atoms with Gasteiger partial charge in [-0.1, -0.05) is 0 Å². The van der Waals surface area contributed by atoms with E-state index in [0.717, 1.165) is 29.3 Å². The highest BCUT2D eigenvalue weighted by Gasteiger charge is 2.30. The quantitative estimate of drug-likeness (QED) is 0.807. The molecule has 3 rings (SSSR count). The van der Waals surface area contributed by atoms with Crippen molar-refractivity contribution in [3.05, 3.63) is 22.7 Å². The maximum atomic E-state index is 5.79. The molecule has 0 saturated carbocycles. The van der Waals surface area contributed by atoms with Crippen LogP contribution in [0.25, 0.3) is 0 Å². The van der Waals surface area contributed by atoms with Crippen LogP contribution in [0.5, 0.6) is 0 Å². The highest BCUT2D eigenvalue weighted by molar-refractivity contribution is 9.10. The normalized spacial score (nSPS) is 25.0. The van der Waals surface area contributed by atoms with Crippen LogP contribution in [0, 0.1) is 0 Å². The Hall–Kier alpha value is -0.740. The van der Waals surface area contributed by atoms with Gasteiger partial charge in [0.1, 0.15) is 0 Å². The first kappa shape index (κ1) is 11.4. The second-order valence-electron chi connectivity index (χ2n) is 4.99. The number of nitrogens with two attached hydrogens (primary N) is 1. The lowest BCUT2D eigenvalue weighted by atomic mass is 10.1. The van der Waals surface area contributed by atoms with Crippen molar-refractivity contribution in [2.24, 2.45) is 0 Å². The van der Waals surface area contributed by atoms with E-state index in [1.165, 1.54) is 31.6 Å². The SMILES string of the molecule is Nc1ccc(N2CCN3CCCC3C2)c(Br)c1. The number of piperazine rings is 1. The molecule has 17 heavy (non-hydrogen) atoms. The van der Waals surface area contributed by atoms with E-state index in [-0.39, 0.29) is 0 Å². The smallest absolute Gasteiger partial charge is 0.0513 e. The van der Waals surface area contributed by atoms with Crippen molar-refractivity contribution < 1.29 is 0 Å². The fraction of sp³-hybridized carbons (Fsp3) is 0.538. The fourth-order valence-corrected chi connectivity index (χ4v) is 3.64. The van der Waals surface area contributed by atoms with E-state index >= 15 is 0 Å². The minimum Gasteiger partial charge on any atom is -0.399 e. The number of hydrogen-bond donors (Lipinski definition) is 1. The number of benzene rings is 1. The van der Waals surface area contributed by atoms with Crippen molar-refractivity contribution in [3.63, 3.8) is 0 Å². The first-order chi connectivity index (χ1) is 8.24. The maximum Gasteiger partial charge on any atom is 0.0513 e. The van der Waals surface area contributed by atoms with Crippen LogP contribution in [-0.2, 0) is 0 Å². The molecule has 3 nitrogen and oxygen atoms in total. The standard InChI is InChI=1S/C13H18BrN3/c14-12-8-10(15)3-4-13(12)17-7-6-16-5-1-2-11(16)9-17/h3-4,8,11H,1-2,5-7,9,15H2. The zero-order valence-electron chi connectivity index (χ0n) is 9.90. The van der Waals surface area contributed by atoms with E-state index in [4.69, 9.17) is 5.73 Å². The zero-order chi connectivity index (χ0) is 11.8. The van der Waals surface area contributed by atoms with E-state index in [1.54, 1.807) is 0 Å². The number of rotatable bonds is 1. The molecule has 2 saturated heterocycles. The molecule has 1 aromatic carbocycles. The maximum absolute atomic E-state index is 5.79. The molecule has 4 heteroatoms. The summed E-state index contributed by atoms with van der Waals surface area (Å²) in [7, 11) is 0. The van der Waals surface area contributed by atoms with Crippen molar-refractivity contribution >= 4 is 27.3 Å². The van der Waals surface area contributed by atoms with Crippen LogP contribution in [0.15, 0.2) is 22.7 Å². The van der Waals surface area contributed by atoms with Gasteiger partial charge in [-0.25, -0.2) is 0 Å². The molecule has 0 aliphatic carbocycles. The fourth-order valence-electron chi connectivity index (χ4n) is 2.99. The number of nitrogen functional groups attached to an aromatic ring is 1. The van der Waals surface area contributed by atoms with Gasteiger partial charge in [0.15, 0.2) is 0 Å². The molecule has 1 atom stereocenters. The van der Waals surface area contributed by atoms with Gasteiger partial charge in [0, 0.05) is 35.8 Å². The predicted molar refractivity (Wildman–Crippen MR) is 75.4 cm³/mol. The lowest BCUT2D eigenvalue weighted by Gasteiger charge is -2.39. The van der Waals surface area contributed by atoms with Crippen LogP contribution in [0.3, 0.4) is 0 Å². The third-order valence-corrected chi connectivity index (χ3v) is 4.53. The van der Waals surface area contributed by atoms with Gasteiger partial charge in [0.25, 0.3) is 0 Å². The van der Waals surface area contributed by atoms with Crippen LogP contribution in [0.1, 0.15) is 12.8 Å². The molecule has 0 spiro atoms. The summed E-state index contributed by atoms with van der Waals surface area (Å²) in [5, 5.41) is 0. The molecule has 2 fully saturated rings. The molecule has 1 aromatic rings. The summed E-state index contributed by atoms with van der Waals surface area (Å²) >= 11 is 3.62. The summed E-state index contributed by atoms with van der Waals surface area (Å²) in [4.78, 5) is 5.11.